The first-order chi connectivity index (χ1) is 17.9. The van der Waals surface area contributed by atoms with Gasteiger partial charge in [0.25, 0.3) is 5.91 Å². The highest BCUT2D eigenvalue weighted by atomic mass is 79.9. The first kappa shape index (κ1) is 25.1. The maximum absolute atomic E-state index is 13.5. The van der Waals surface area contributed by atoms with Crippen molar-refractivity contribution >= 4 is 61.0 Å². The van der Waals surface area contributed by atoms with E-state index in [0.29, 0.717) is 33.8 Å². The van der Waals surface area contributed by atoms with Gasteiger partial charge >= 0.3 is 0 Å². The fraction of sp³-hybridized carbons (Fsp3) is 0.154. The highest BCUT2D eigenvalue weighted by Gasteiger charge is 2.21. The molecule has 0 saturated heterocycles. The number of carbonyl (C=O) groups is 1. The summed E-state index contributed by atoms with van der Waals surface area (Å²) >= 11 is 5.10. The molecule has 0 fully saturated rings. The Kier molecular flexibility index (Phi) is 7.33. The molecule has 4 aromatic rings. The highest BCUT2D eigenvalue weighted by molar-refractivity contribution is 9.10. The van der Waals surface area contributed by atoms with Crippen LogP contribution in [-0.4, -0.2) is 32.7 Å². The first-order valence-corrected chi connectivity index (χ1v) is 13.0. The second-order valence-corrected chi connectivity index (χ2v) is 10.7. The number of amides is 1. The molecule has 7 nitrogen and oxygen atoms in total. The van der Waals surface area contributed by atoms with E-state index in [1.165, 1.54) is 12.4 Å². The zero-order valence-corrected chi connectivity index (χ0v) is 21.7. The number of nitrogen functional groups attached to an aromatic ring is 1. The van der Waals surface area contributed by atoms with Crippen LogP contribution in [0.15, 0.2) is 65.5 Å². The molecule has 1 aliphatic heterocycles. The first-order valence-electron chi connectivity index (χ1n) is 11.4. The maximum atomic E-state index is 13.5. The van der Waals surface area contributed by atoms with E-state index in [0.717, 1.165) is 39.9 Å². The molecular formula is C26H21BrF2N6OS. The zero-order valence-electron chi connectivity index (χ0n) is 19.3. The summed E-state index contributed by atoms with van der Waals surface area (Å²) in [5, 5.41) is 7.09. The lowest BCUT2D eigenvalue weighted by Crippen LogP contribution is -2.25. The van der Waals surface area contributed by atoms with Crippen molar-refractivity contribution in [3.05, 3.63) is 93.9 Å². The molecule has 2 aromatic carbocycles. The standard InChI is InChI=1S/C26H21BrF2N6OS/c27-16-9-19(26(36)33-10-14-1-4-20(28)21(29)7-14)25(31-11-16)32-12-17-3-6-23(37-17)15-2-5-22-18(8-15)24(30)35-13-34-22/h1-2,4-9,11,13,17H,3,10,12H2,(H,31,32)(H,33,36)(H2,30,34,35). The van der Waals surface area contributed by atoms with E-state index >= 15 is 0 Å². The Bertz CT molecular complexity index is 1530. The molecule has 0 saturated carbocycles. The minimum atomic E-state index is -0.958. The zero-order chi connectivity index (χ0) is 25.9. The van der Waals surface area contributed by atoms with Crippen molar-refractivity contribution in [2.24, 2.45) is 0 Å². The number of nitrogens with one attached hydrogen (secondary N) is 2. The van der Waals surface area contributed by atoms with E-state index in [1.54, 1.807) is 24.0 Å². The van der Waals surface area contributed by atoms with Crippen LogP contribution in [-0.2, 0) is 6.54 Å². The number of fused-ring (bicyclic) bond motifs is 1. The van der Waals surface area contributed by atoms with Crippen LogP contribution < -0.4 is 16.4 Å². The van der Waals surface area contributed by atoms with Crippen LogP contribution in [0.1, 0.15) is 27.9 Å². The van der Waals surface area contributed by atoms with E-state index < -0.39 is 11.6 Å². The number of nitrogens with zero attached hydrogens (tertiary/aromatic N) is 3. The van der Waals surface area contributed by atoms with E-state index in [9.17, 15) is 13.6 Å². The fourth-order valence-corrected chi connectivity index (χ4v) is 5.45. The predicted molar refractivity (Wildman–Crippen MR) is 146 cm³/mol. The van der Waals surface area contributed by atoms with Gasteiger partial charge in [0.05, 0.1) is 11.1 Å². The van der Waals surface area contributed by atoms with Crippen LogP contribution in [0.5, 0.6) is 0 Å². The average Bonchev–Trinajstić information content (AvgIpc) is 3.37. The third kappa shape index (κ3) is 5.72. The van der Waals surface area contributed by atoms with Crippen LogP contribution in [0.25, 0.3) is 15.8 Å². The predicted octanol–water partition coefficient (Wildman–Crippen LogP) is 5.54. The molecule has 0 aliphatic carbocycles. The van der Waals surface area contributed by atoms with Gasteiger partial charge in [-0.05, 0) is 63.8 Å². The summed E-state index contributed by atoms with van der Waals surface area (Å²) in [7, 11) is 0. The molecule has 188 valence electrons. The summed E-state index contributed by atoms with van der Waals surface area (Å²) in [6.07, 6.45) is 6.10. The fourth-order valence-electron chi connectivity index (χ4n) is 3.95. The summed E-state index contributed by atoms with van der Waals surface area (Å²) in [5.41, 5.74) is 8.67. The Balaban J connectivity index is 1.22. The van der Waals surface area contributed by atoms with Gasteiger partial charge in [-0.3, -0.25) is 4.79 Å². The molecule has 0 bridgehead atoms. The molecular weight excluding hydrogens is 562 g/mol. The lowest BCUT2D eigenvalue weighted by Gasteiger charge is -2.15. The number of anilines is 2. The van der Waals surface area contributed by atoms with Crippen molar-refractivity contribution in [1.29, 1.82) is 0 Å². The summed E-state index contributed by atoms with van der Waals surface area (Å²) < 4.78 is 27.3. The van der Waals surface area contributed by atoms with Crippen LogP contribution in [0.3, 0.4) is 0 Å². The van der Waals surface area contributed by atoms with Gasteiger partial charge in [-0.15, -0.1) is 11.8 Å². The van der Waals surface area contributed by atoms with E-state index in [-0.39, 0.29) is 17.7 Å². The molecule has 4 N–H and O–H groups in total. The van der Waals surface area contributed by atoms with E-state index in [4.69, 9.17) is 5.73 Å². The largest absolute Gasteiger partial charge is 0.383 e. The number of rotatable bonds is 7. The number of hydrogen-bond donors (Lipinski definition) is 3. The van der Waals surface area contributed by atoms with Crippen LogP contribution >= 0.6 is 27.7 Å². The number of aromatic nitrogens is 3. The Morgan fingerprint density at radius 3 is 2.81 bits per heavy atom. The van der Waals surface area contributed by atoms with Gasteiger partial charge < -0.3 is 16.4 Å². The maximum Gasteiger partial charge on any atom is 0.255 e. The molecule has 37 heavy (non-hydrogen) atoms. The van der Waals surface area contributed by atoms with Crippen LogP contribution in [0.4, 0.5) is 20.4 Å². The van der Waals surface area contributed by atoms with Gasteiger partial charge in [0, 0.05) is 39.3 Å². The minimum absolute atomic E-state index is 0.0507. The lowest BCUT2D eigenvalue weighted by atomic mass is 10.1. The normalized spacial score (nSPS) is 15.0. The molecule has 1 unspecified atom stereocenters. The SMILES string of the molecule is Nc1ncnc2ccc(C3=CCC(CNc4ncc(Br)cc4C(=O)NCc4ccc(F)c(F)c4)S3)cc12. The van der Waals surface area contributed by atoms with Crippen molar-refractivity contribution < 1.29 is 13.6 Å². The topological polar surface area (TPSA) is 106 Å². The lowest BCUT2D eigenvalue weighted by molar-refractivity contribution is 0.0951. The van der Waals surface area contributed by atoms with Crippen LogP contribution in [0, 0.1) is 11.6 Å². The quantitative estimate of drug-likeness (QED) is 0.263. The number of pyridine rings is 1. The van der Waals surface area contributed by atoms with Crippen LogP contribution in [0.2, 0.25) is 0 Å². The number of hydrogen-bond acceptors (Lipinski definition) is 7. The minimum Gasteiger partial charge on any atom is -0.383 e. The second-order valence-electron chi connectivity index (χ2n) is 8.40. The third-order valence-corrected chi connectivity index (χ3v) is 7.63. The Hall–Kier alpha value is -3.57. The number of thioether (sulfide) groups is 1. The molecule has 1 amide bonds. The third-order valence-electron chi connectivity index (χ3n) is 5.84. The molecule has 5 rings (SSSR count). The van der Waals surface area contributed by atoms with E-state index in [1.807, 2.05) is 18.2 Å². The van der Waals surface area contributed by atoms with Gasteiger partial charge in [-0.2, -0.15) is 0 Å². The summed E-state index contributed by atoms with van der Waals surface area (Å²) in [5.74, 6) is -1.38. The summed E-state index contributed by atoms with van der Waals surface area (Å²) in [4.78, 5) is 26.7. The van der Waals surface area contributed by atoms with E-state index in [2.05, 4.69) is 47.6 Å². The monoisotopic (exact) mass is 582 g/mol. The summed E-state index contributed by atoms with van der Waals surface area (Å²) in [6, 6.07) is 11.2. The molecule has 0 radical (unpaired) electrons. The highest BCUT2D eigenvalue weighted by Crippen LogP contribution is 2.40. The Morgan fingerprint density at radius 2 is 1.97 bits per heavy atom. The molecule has 1 aliphatic rings. The molecule has 11 heteroatoms. The average molecular weight is 583 g/mol. The smallest absolute Gasteiger partial charge is 0.255 e. The molecule has 1 atom stereocenters. The molecule has 3 heterocycles. The van der Waals surface area contributed by atoms with Gasteiger partial charge in [0.15, 0.2) is 11.6 Å². The summed E-state index contributed by atoms with van der Waals surface area (Å²) in [6.45, 7) is 0.636. The Labute approximate surface area is 224 Å². The van der Waals surface area contributed by atoms with Crippen molar-refractivity contribution in [2.45, 2.75) is 18.2 Å². The van der Waals surface area contributed by atoms with Crippen molar-refractivity contribution in [3.63, 3.8) is 0 Å². The number of nitrogens with two attached hydrogens (primary N) is 1. The number of benzene rings is 2. The number of halogens is 3. The number of allylic oxidation sites excluding steroid dienone is 1. The van der Waals surface area contributed by atoms with Crippen molar-refractivity contribution in [1.82, 2.24) is 20.3 Å². The Morgan fingerprint density at radius 1 is 1.11 bits per heavy atom. The van der Waals surface area contributed by atoms with Gasteiger partial charge in [0.2, 0.25) is 0 Å². The van der Waals surface area contributed by atoms with Gasteiger partial charge in [-0.25, -0.2) is 23.7 Å². The van der Waals surface area contributed by atoms with Crippen molar-refractivity contribution in [2.75, 3.05) is 17.6 Å². The molecule has 0 spiro atoms. The van der Waals surface area contributed by atoms with Crippen molar-refractivity contribution in [3.8, 4) is 0 Å². The second kappa shape index (κ2) is 10.8. The number of carbonyl (C=O) groups excluding carboxylic acids is 1. The molecule has 2 aromatic heterocycles. The van der Waals surface area contributed by atoms with Gasteiger partial charge in [-0.1, -0.05) is 18.2 Å². The van der Waals surface area contributed by atoms with Gasteiger partial charge in [0.1, 0.15) is 18.0 Å².